The Balaban J connectivity index is 1.93. The first-order valence-electron chi connectivity index (χ1n) is 6.81. The van der Waals surface area contributed by atoms with Crippen LogP contribution in [0.4, 0.5) is 5.82 Å². The van der Waals surface area contributed by atoms with Crippen LogP contribution in [0.25, 0.3) is 0 Å². The lowest BCUT2D eigenvalue weighted by Gasteiger charge is -2.21. The summed E-state index contributed by atoms with van der Waals surface area (Å²) < 4.78 is 0. The maximum Gasteiger partial charge on any atom is 0.251 e. The lowest BCUT2D eigenvalue weighted by molar-refractivity contribution is 0.0946. The maximum absolute atomic E-state index is 12.1. The van der Waals surface area contributed by atoms with Crippen LogP contribution < -0.4 is 11.1 Å². The molecule has 19 heavy (non-hydrogen) atoms. The van der Waals surface area contributed by atoms with Crippen molar-refractivity contribution in [2.24, 2.45) is 5.92 Å². The molecule has 104 valence electrons. The van der Waals surface area contributed by atoms with Crippen LogP contribution in [-0.4, -0.2) is 28.9 Å². The summed E-state index contributed by atoms with van der Waals surface area (Å²) in [5.41, 5.74) is 7.20. The first-order chi connectivity index (χ1) is 9.19. The van der Waals surface area contributed by atoms with Gasteiger partial charge in [0.05, 0.1) is 0 Å². The maximum atomic E-state index is 12.1. The topological polar surface area (TPSA) is 68.0 Å². The molecule has 4 nitrogen and oxygen atoms in total. The van der Waals surface area contributed by atoms with Crippen LogP contribution in [0.5, 0.6) is 0 Å². The average molecular weight is 279 g/mol. The first kappa shape index (κ1) is 14.2. The highest BCUT2D eigenvalue weighted by atomic mass is 32.2. The number of nitrogen functional groups attached to an aromatic ring is 1. The van der Waals surface area contributed by atoms with Crippen molar-refractivity contribution in [3.05, 3.63) is 23.4 Å². The molecule has 1 fully saturated rings. The number of carbonyl (C=O) groups excluding carboxylic acids is 1. The Kier molecular flexibility index (Phi) is 5.07. The minimum absolute atomic E-state index is 0.0398. The molecule has 0 unspecified atom stereocenters. The number of aryl methyl sites for hydroxylation is 1. The molecule has 0 aromatic carbocycles. The van der Waals surface area contributed by atoms with Crippen molar-refractivity contribution in [1.29, 1.82) is 0 Å². The van der Waals surface area contributed by atoms with Gasteiger partial charge in [0.2, 0.25) is 0 Å². The van der Waals surface area contributed by atoms with Crippen molar-refractivity contribution >= 4 is 23.5 Å². The Bertz CT molecular complexity index is 444. The number of hydrogen-bond donors (Lipinski definition) is 2. The molecule has 2 heterocycles. The molecule has 0 saturated carbocycles. The zero-order valence-corrected chi connectivity index (χ0v) is 12.1. The second kappa shape index (κ2) is 6.80. The standard InChI is InChI=1S/C14H21N3OS/c1-2-12-7-11(8-13(15)17-12)14(18)16-9-10-3-5-19-6-4-10/h7-8,10H,2-6,9H2,1H3,(H2,15,17)(H,16,18). The number of rotatable bonds is 4. The summed E-state index contributed by atoms with van der Waals surface area (Å²) in [7, 11) is 0. The number of amides is 1. The van der Waals surface area contributed by atoms with E-state index in [1.54, 1.807) is 6.07 Å². The van der Waals surface area contributed by atoms with Crippen LogP contribution >= 0.6 is 11.8 Å². The molecule has 1 aromatic rings. The van der Waals surface area contributed by atoms with Gasteiger partial charge >= 0.3 is 0 Å². The number of nitrogens with two attached hydrogens (primary N) is 1. The monoisotopic (exact) mass is 279 g/mol. The molecule has 2 rings (SSSR count). The van der Waals surface area contributed by atoms with Crippen LogP contribution in [-0.2, 0) is 6.42 Å². The van der Waals surface area contributed by atoms with E-state index in [1.165, 1.54) is 24.3 Å². The number of pyridine rings is 1. The van der Waals surface area contributed by atoms with E-state index in [4.69, 9.17) is 5.73 Å². The molecular weight excluding hydrogens is 258 g/mol. The molecule has 0 radical (unpaired) electrons. The van der Waals surface area contributed by atoms with Crippen LogP contribution in [0.1, 0.15) is 35.8 Å². The predicted octanol–water partition coefficient (Wildman–Crippen LogP) is 2.10. The second-order valence-corrected chi connectivity index (χ2v) is 6.12. The normalized spacial score (nSPS) is 16.3. The molecule has 1 amide bonds. The molecule has 0 aliphatic carbocycles. The van der Waals surface area contributed by atoms with Gasteiger partial charge in [0.15, 0.2) is 0 Å². The number of anilines is 1. The van der Waals surface area contributed by atoms with Crippen LogP contribution in [0.3, 0.4) is 0 Å². The van der Waals surface area contributed by atoms with Gasteiger partial charge in [0, 0.05) is 17.8 Å². The van der Waals surface area contributed by atoms with Gasteiger partial charge in [-0.15, -0.1) is 0 Å². The van der Waals surface area contributed by atoms with Crippen molar-refractivity contribution in [1.82, 2.24) is 10.3 Å². The summed E-state index contributed by atoms with van der Waals surface area (Å²) in [4.78, 5) is 16.3. The lowest BCUT2D eigenvalue weighted by Crippen LogP contribution is -2.31. The third-order valence-corrected chi connectivity index (χ3v) is 4.46. The van der Waals surface area contributed by atoms with Crippen molar-refractivity contribution in [3.63, 3.8) is 0 Å². The van der Waals surface area contributed by atoms with E-state index in [2.05, 4.69) is 10.3 Å². The Hall–Kier alpha value is -1.23. The van der Waals surface area contributed by atoms with Crippen molar-refractivity contribution < 1.29 is 4.79 Å². The Morgan fingerprint density at radius 1 is 1.47 bits per heavy atom. The molecule has 3 N–H and O–H groups in total. The van der Waals surface area contributed by atoms with Crippen molar-refractivity contribution in [2.45, 2.75) is 26.2 Å². The molecule has 5 heteroatoms. The van der Waals surface area contributed by atoms with Crippen LogP contribution in [0.2, 0.25) is 0 Å². The fourth-order valence-corrected chi connectivity index (χ4v) is 3.42. The van der Waals surface area contributed by atoms with Gasteiger partial charge in [0.25, 0.3) is 5.91 Å². The Morgan fingerprint density at radius 2 is 2.21 bits per heavy atom. The van der Waals surface area contributed by atoms with E-state index < -0.39 is 0 Å². The second-order valence-electron chi connectivity index (χ2n) is 4.89. The summed E-state index contributed by atoms with van der Waals surface area (Å²) >= 11 is 2.00. The zero-order valence-electron chi connectivity index (χ0n) is 11.3. The summed E-state index contributed by atoms with van der Waals surface area (Å²) in [6, 6.07) is 3.47. The molecule has 1 aromatic heterocycles. The summed E-state index contributed by atoms with van der Waals surface area (Å²) in [5.74, 6) is 3.42. The summed E-state index contributed by atoms with van der Waals surface area (Å²) in [5, 5.41) is 3.02. The van der Waals surface area contributed by atoms with Crippen LogP contribution in [0, 0.1) is 5.92 Å². The fourth-order valence-electron chi connectivity index (χ4n) is 2.21. The third-order valence-electron chi connectivity index (χ3n) is 3.41. The number of aromatic nitrogens is 1. The quantitative estimate of drug-likeness (QED) is 0.885. The average Bonchev–Trinajstić information content (AvgIpc) is 2.45. The SMILES string of the molecule is CCc1cc(C(=O)NCC2CCSCC2)cc(N)n1. The van der Waals surface area contributed by atoms with E-state index >= 15 is 0 Å². The molecule has 0 spiro atoms. The summed E-state index contributed by atoms with van der Waals surface area (Å²) in [6.07, 6.45) is 3.18. The number of nitrogens with zero attached hydrogens (tertiary/aromatic N) is 1. The smallest absolute Gasteiger partial charge is 0.251 e. The molecule has 0 atom stereocenters. The molecule has 1 aliphatic rings. The van der Waals surface area contributed by atoms with Gasteiger partial charge in [-0.2, -0.15) is 11.8 Å². The minimum Gasteiger partial charge on any atom is -0.384 e. The van der Waals surface area contributed by atoms with Crippen molar-refractivity contribution in [3.8, 4) is 0 Å². The minimum atomic E-state index is -0.0398. The van der Waals surface area contributed by atoms with Gasteiger partial charge in [0.1, 0.15) is 5.82 Å². The largest absolute Gasteiger partial charge is 0.384 e. The van der Waals surface area contributed by atoms with E-state index in [0.717, 1.165) is 18.7 Å². The number of nitrogens with one attached hydrogen (secondary N) is 1. The third kappa shape index (κ3) is 4.13. The number of hydrogen-bond acceptors (Lipinski definition) is 4. The first-order valence-corrected chi connectivity index (χ1v) is 7.97. The van der Waals surface area contributed by atoms with E-state index in [0.29, 0.717) is 17.3 Å². The van der Waals surface area contributed by atoms with Crippen molar-refractivity contribution in [2.75, 3.05) is 23.8 Å². The van der Waals surface area contributed by atoms with Gasteiger partial charge in [-0.25, -0.2) is 4.98 Å². The predicted molar refractivity (Wildman–Crippen MR) is 80.4 cm³/mol. The van der Waals surface area contributed by atoms with Gasteiger partial charge in [-0.3, -0.25) is 4.79 Å². The lowest BCUT2D eigenvalue weighted by atomic mass is 10.0. The van der Waals surface area contributed by atoms with Crippen LogP contribution in [0.15, 0.2) is 12.1 Å². The zero-order chi connectivity index (χ0) is 13.7. The molecular formula is C14H21N3OS. The van der Waals surface area contributed by atoms with Gasteiger partial charge in [-0.1, -0.05) is 6.92 Å². The molecule has 0 bridgehead atoms. The van der Waals surface area contributed by atoms with E-state index in [1.807, 2.05) is 24.8 Å². The number of thioether (sulfide) groups is 1. The number of carbonyl (C=O) groups is 1. The summed E-state index contributed by atoms with van der Waals surface area (Å²) in [6.45, 7) is 2.77. The highest BCUT2D eigenvalue weighted by Crippen LogP contribution is 2.22. The van der Waals surface area contributed by atoms with E-state index in [-0.39, 0.29) is 5.91 Å². The Labute approximate surface area is 118 Å². The molecule has 1 saturated heterocycles. The highest BCUT2D eigenvalue weighted by Gasteiger charge is 2.15. The molecule has 1 aliphatic heterocycles. The van der Waals surface area contributed by atoms with Gasteiger partial charge in [-0.05, 0) is 48.8 Å². The van der Waals surface area contributed by atoms with Gasteiger partial charge < -0.3 is 11.1 Å². The van der Waals surface area contributed by atoms with E-state index in [9.17, 15) is 4.79 Å². The highest BCUT2D eigenvalue weighted by molar-refractivity contribution is 7.99. The fraction of sp³-hybridized carbons (Fsp3) is 0.571. The Morgan fingerprint density at radius 3 is 2.89 bits per heavy atom.